The lowest BCUT2D eigenvalue weighted by molar-refractivity contribution is -0.137. The molecule has 0 radical (unpaired) electrons. The van der Waals surface area contributed by atoms with Crippen molar-refractivity contribution in [1.82, 2.24) is 9.88 Å². The second kappa shape index (κ2) is 8.94. The fourth-order valence-corrected chi connectivity index (χ4v) is 1.87. The second-order valence-corrected chi connectivity index (χ2v) is 5.11. The van der Waals surface area contributed by atoms with Gasteiger partial charge < -0.3 is 15.3 Å². The molecule has 1 heterocycles. The third kappa shape index (κ3) is 6.74. The minimum Gasteiger partial charge on any atom is -0.481 e. The highest BCUT2D eigenvalue weighted by Gasteiger charge is 2.09. The zero-order chi connectivity index (χ0) is 15.7. The molecule has 0 saturated carbocycles. The number of aliphatic carboxylic acids is 1. The van der Waals surface area contributed by atoms with Crippen molar-refractivity contribution >= 4 is 17.6 Å². The number of pyridine rings is 1. The van der Waals surface area contributed by atoms with Crippen LogP contribution in [0.3, 0.4) is 0 Å². The summed E-state index contributed by atoms with van der Waals surface area (Å²) in [6, 6.07) is 3.57. The summed E-state index contributed by atoms with van der Waals surface area (Å²) >= 11 is 0. The molecule has 1 aromatic rings. The number of hydrogen-bond acceptors (Lipinski definition) is 4. The van der Waals surface area contributed by atoms with Crippen molar-refractivity contribution in [2.75, 3.05) is 26.0 Å². The molecule has 0 aromatic carbocycles. The van der Waals surface area contributed by atoms with E-state index in [-0.39, 0.29) is 12.3 Å². The van der Waals surface area contributed by atoms with Gasteiger partial charge in [-0.15, -0.1) is 0 Å². The van der Waals surface area contributed by atoms with Gasteiger partial charge in [0, 0.05) is 38.9 Å². The van der Waals surface area contributed by atoms with E-state index in [0.29, 0.717) is 5.69 Å². The lowest BCUT2D eigenvalue weighted by Crippen LogP contribution is -2.22. The van der Waals surface area contributed by atoms with E-state index in [1.807, 2.05) is 6.07 Å². The van der Waals surface area contributed by atoms with Gasteiger partial charge >= 0.3 is 5.97 Å². The molecule has 0 aliphatic carbocycles. The Morgan fingerprint density at radius 2 is 1.95 bits per heavy atom. The molecular weight excluding hydrogens is 270 g/mol. The Morgan fingerprint density at radius 1 is 1.24 bits per heavy atom. The van der Waals surface area contributed by atoms with E-state index in [1.54, 1.807) is 26.4 Å². The van der Waals surface area contributed by atoms with Gasteiger partial charge in [-0.05, 0) is 25.0 Å². The number of nitrogens with one attached hydrogen (secondary N) is 1. The fourth-order valence-electron chi connectivity index (χ4n) is 1.87. The van der Waals surface area contributed by atoms with E-state index < -0.39 is 5.97 Å². The Balaban J connectivity index is 2.28. The number of carbonyl (C=O) groups excluding carboxylic acids is 1. The molecule has 0 bridgehead atoms. The standard InChI is InChI=1S/C15H23N3O3/c1-18(2)15(21)13-11-12(8-10-17-13)16-9-6-4-3-5-7-14(19)20/h8,10-11H,3-7,9H2,1-2H3,(H,16,17)(H,19,20). The van der Waals surface area contributed by atoms with Gasteiger partial charge in [0.15, 0.2) is 0 Å². The molecule has 0 fully saturated rings. The van der Waals surface area contributed by atoms with Crippen LogP contribution in [0.5, 0.6) is 0 Å². The molecule has 0 aliphatic heterocycles. The third-order valence-electron chi connectivity index (χ3n) is 3.03. The Kier molecular flexibility index (Phi) is 7.21. The molecule has 1 aromatic heterocycles. The van der Waals surface area contributed by atoms with Crippen molar-refractivity contribution in [3.63, 3.8) is 0 Å². The summed E-state index contributed by atoms with van der Waals surface area (Å²) in [6.45, 7) is 0.798. The van der Waals surface area contributed by atoms with E-state index in [2.05, 4.69) is 10.3 Å². The molecule has 1 amide bonds. The number of carbonyl (C=O) groups is 2. The minimum atomic E-state index is -0.733. The highest BCUT2D eigenvalue weighted by Crippen LogP contribution is 2.10. The van der Waals surface area contributed by atoms with Crippen LogP contribution in [0.1, 0.15) is 42.6 Å². The largest absolute Gasteiger partial charge is 0.481 e. The van der Waals surface area contributed by atoms with E-state index in [9.17, 15) is 9.59 Å². The number of hydrogen-bond donors (Lipinski definition) is 2. The molecular formula is C15H23N3O3. The van der Waals surface area contributed by atoms with Gasteiger partial charge in [0.1, 0.15) is 5.69 Å². The van der Waals surface area contributed by atoms with Crippen molar-refractivity contribution < 1.29 is 14.7 Å². The van der Waals surface area contributed by atoms with Crippen LogP contribution in [0.2, 0.25) is 0 Å². The van der Waals surface area contributed by atoms with E-state index in [1.165, 1.54) is 4.90 Å². The molecule has 21 heavy (non-hydrogen) atoms. The maximum Gasteiger partial charge on any atom is 0.303 e. The summed E-state index contributed by atoms with van der Waals surface area (Å²) in [5.41, 5.74) is 1.30. The Morgan fingerprint density at radius 3 is 2.62 bits per heavy atom. The molecule has 6 nitrogen and oxygen atoms in total. The molecule has 0 spiro atoms. The number of rotatable bonds is 9. The molecule has 1 rings (SSSR count). The summed E-state index contributed by atoms with van der Waals surface area (Å²) in [7, 11) is 3.39. The number of carboxylic acid groups (broad SMARTS) is 1. The normalized spacial score (nSPS) is 10.2. The van der Waals surface area contributed by atoms with Gasteiger partial charge in [-0.1, -0.05) is 12.8 Å². The smallest absolute Gasteiger partial charge is 0.303 e. The SMILES string of the molecule is CN(C)C(=O)c1cc(NCCCCCCC(=O)O)ccn1. The molecule has 0 saturated heterocycles. The molecule has 6 heteroatoms. The average molecular weight is 293 g/mol. The van der Waals surface area contributed by atoms with Crippen LogP contribution in [0, 0.1) is 0 Å². The predicted octanol–water partition coefficient (Wildman–Crippen LogP) is 2.23. The lowest BCUT2D eigenvalue weighted by atomic mass is 10.1. The topological polar surface area (TPSA) is 82.5 Å². The summed E-state index contributed by atoms with van der Waals surface area (Å²) in [5.74, 6) is -0.852. The lowest BCUT2D eigenvalue weighted by Gasteiger charge is -2.11. The van der Waals surface area contributed by atoms with Crippen LogP contribution in [0.25, 0.3) is 0 Å². The summed E-state index contributed by atoms with van der Waals surface area (Å²) in [6.07, 6.45) is 5.48. The Labute approximate surface area is 125 Å². The van der Waals surface area contributed by atoms with Gasteiger partial charge in [0.2, 0.25) is 0 Å². The number of carboxylic acids is 1. The van der Waals surface area contributed by atoms with Gasteiger partial charge in [0.05, 0.1) is 0 Å². The summed E-state index contributed by atoms with van der Waals surface area (Å²) in [4.78, 5) is 27.7. The van der Waals surface area contributed by atoms with E-state index >= 15 is 0 Å². The molecule has 0 aliphatic rings. The van der Waals surface area contributed by atoms with Crippen LogP contribution >= 0.6 is 0 Å². The zero-order valence-electron chi connectivity index (χ0n) is 12.6. The number of nitrogens with zero attached hydrogens (tertiary/aromatic N) is 2. The van der Waals surface area contributed by atoms with Crippen molar-refractivity contribution in [3.05, 3.63) is 24.0 Å². The third-order valence-corrected chi connectivity index (χ3v) is 3.03. The van der Waals surface area contributed by atoms with Crippen LogP contribution < -0.4 is 5.32 Å². The minimum absolute atomic E-state index is 0.118. The molecule has 116 valence electrons. The highest BCUT2D eigenvalue weighted by molar-refractivity contribution is 5.92. The first-order chi connectivity index (χ1) is 10.0. The van der Waals surface area contributed by atoms with Gasteiger partial charge in [-0.2, -0.15) is 0 Å². The van der Waals surface area contributed by atoms with Crippen molar-refractivity contribution in [1.29, 1.82) is 0 Å². The van der Waals surface area contributed by atoms with Gasteiger partial charge in [-0.25, -0.2) is 0 Å². The fraction of sp³-hybridized carbons (Fsp3) is 0.533. The van der Waals surface area contributed by atoms with Crippen LogP contribution in [-0.2, 0) is 4.79 Å². The maximum absolute atomic E-state index is 11.8. The maximum atomic E-state index is 11.8. The quantitative estimate of drug-likeness (QED) is 0.682. The molecule has 0 unspecified atom stereocenters. The van der Waals surface area contributed by atoms with E-state index in [4.69, 9.17) is 5.11 Å². The highest BCUT2D eigenvalue weighted by atomic mass is 16.4. The first kappa shape index (κ1) is 16.9. The molecule has 2 N–H and O–H groups in total. The van der Waals surface area contributed by atoms with Crippen LogP contribution in [-0.4, -0.2) is 47.5 Å². The molecule has 0 atom stereocenters. The Bertz CT molecular complexity index is 475. The van der Waals surface area contributed by atoms with Crippen molar-refractivity contribution in [2.45, 2.75) is 32.1 Å². The number of unbranched alkanes of at least 4 members (excludes halogenated alkanes) is 3. The van der Waals surface area contributed by atoms with E-state index in [0.717, 1.165) is 37.9 Å². The Hall–Kier alpha value is -2.11. The first-order valence-corrected chi connectivity index (χ1v) is 7.14. The zero-order valence-corrected chi connectivity index (χ0v) is 12.6. The summed E-state index contributed by atoms with van der Waals surface area (Å²) < 4.78 is 0. The van der Waals surface area contributed by atoms with Crippen molar-refractivity contribution in [3.8, 4) is 0 Å². The monoisotopic (exact) mass is 293 g/mol. The van der Waals surface area contributed by atoms with Gasteiger partial charge in [0.25, 0.3) is 5.91 Å². The van der Waals surface area contributed by atoms with Crippen LogP contribution in [0.15, 0.2) is 18.3 Å². The van der Waals surface area contributed by atoms with Crippen LogP contribution in [0.4, 0.5) is 5.69 Å². The number of anilines is 1. The number of aromatic nitrogens is 1. The predicted molar refractivity (Wildman–Crippen MR) is 81.5 cm³/mol. The average Bonchev–Trinajstić information content (AvgIpc) is 2.45. The van der Waals surface area contributed by atoms with Crippen molar-refractivity contribution in [2.24, 2.45) is 0 Å². The van der Waals surface area contributed by atoms with Gasteiger partial charge in [-0.3, -0.25) is 14.6 Å². The first-order valence-electron chi connectivity index (χ1n) is 7.14. The number of amides is 1. The second-order valence-electron chi connectivity index (χ2n) is 5.11. The summed E-state index contributed by atoms with van der Waals surface area (Å²) in [5, 5.41) is 11.8.